The van der Waals surface area contributed by atoms with E-state index in [9.17, 15) is 12.8 Å². The smallest absolute Gasteiger partial charge is 0.214 e. The van der Waals surface area contributed by atoms with Gasteiger partial charge in [-0.2, -0.15) is 4.31 Å². The molecule has 0 aliphatic carbocycles. The van der Waals surface area contributed by atoms with Crippen LogP contribution in [-0.4, -0.2) is 37.7 Å². The van der Waals surface area contributed by atoms with Gasteiger partial charge in [-0.25, -0.2) is 12.8 Å². The number of alkyl halides is 1. The van der Waals surface area contributed by atoms with Crippen LogP contribution in [0.3, 0.4) is 0 Å². The highest BCUT2D eigenvalue weighted by Gasteiger charge is 2.30. The van der Waals surface area contributed by atoms with E-state index in [4.69, 9.17) is 0 Å². The van der Waals surface area contributed by atoms with E-state index in [2.05, 4.69) is 6.92 Å². The SMILES string of the molecule is CCCCCCCCS(=O)(=O)N1CC[C@@H](F)C1. The van der Waals surface area contributed by atoms with Crippen LogP contribution in [0.4, 0.5) is 4.39 Å². The molecule has 0 amide bonds. The summed E-state index contributed by atoms with van der Waals surface area (Å²) in [5, 5.41) is 0. The highest BCUT2D eigenvalue weighted by Crippen LogP contribution is 2.17. The fraction of sp³-hybridized carbons (Fsp3) is 1.00. The van der Waals surface area contributed by atoms with Crippen LogP contribution in [0, 0.1) is 0 Å². The third-order valence-electron chi connectivity index (χ3n) is 3.24. The lowest BCUT2D eigenvalue weighted by molar-refractivity contribution is 0.343. The van der Waals surface area contributed by atoms with Crippen molar-refractivity contribution in [1.82, 2.24) is 4.31 Å². The van der Waals surface area contributed by atoms with Gasteiger partial charge in [0.25, 0.3) is 0 Å². The molecule has 0 unspecified atom stereocenters. The van der Waals surface area contributed by atoms with Crippen LogP contribution in [0.25, 0.3) is 0 Å². The van der Waals surface area contributed by atoms with E-state index in [1.165, 1.54) is 23.6 Å². The third-order valence-corrected chi connectivity index (χ3v) is 5.17. The summed E-state index contributed by atoms with van der Waals surface area (Å²) in [5.74, 6) is 0.186. The van der Waals surface area contributed by atoms with Crippen molar-refractivity contribution in [3.8, 4) is 0 Å². The molecular weight excluding hydrogens is 241 g/mol. The van der Waals surface area contributed by atoms with Crippen molar-refractivity contribution < 1.29 is 12.8 Å². The summed E-state index contributed by atoms with van der Waals surface area (Å²) in [6.45, 7) is 2.59. The quantitative estimate of drug-likeness (QED) is 0.633. The Kier molecular flexibility index (Phi) is 6.41. The van der Waals surface area contributed by atoms with Gasteiger partial charge in [0.05, 0.1) is 5.75 Å². The van der Waals surface area contributed by atoms with Gasteiger partial charge in [0.15, 0.2) is 0 Å². The maximum Gasteiger partial charge on any atom is 0.214 e. The number of sulfonamides is 1. The highest BCUT2D eigenvalue weighted by atomic mass is 32.2. The van der Waals surface area contributed by atoms with Gasteiger partial charge in [-0.15, -0.1) is 0 Å². The lowest BCUT2D eigenvalue weighted by Gasteiger charge is -2.15. The molecule has 1 saturated heterocycles. The van der Waals surface area contributed by atoms with Crippen LogP contribution in [0.15, 0.2) is 0 Å². The summed E-state index contributed by atoms with van der Waals surface area (Å²) < 4.78 is 37.9. The maximum atomic E-state index is 12.9. The minimum Gasteiger partial charge on any atom is -0.246 e. The molecule has 0 aromatic rings. The topological polar surface area (TPSA) is 37.4 Å². The molecule has 3 nitrogen and oxygen atoms in total. The lowest BCUT2D eigenvalue weighted by atomic mass is 10.1. The fourth-order valence-corrected chi connectivity index (χ4v) is 3.73. The highest BCUT2D eigenvalue weighted by molar-refractivity contribution is 7.89. The second-order valence-electron chi connectivity index (χ2n) is 4.83. The van der Waals surface area contributed by atoms with Crippen molar-refractivity contribution in [2.75, 3.05) is 18.8 Å². The molecule has 0 radical (unpaired) electrons. The van der Waals surface area contributed by atoms with Gasteiger partial charge < -0.3 is 0 Å². The molecule has 1 heterocycles. The van der Waals surface area contributed by atoms with Crippen LogP contribution in [0.2, 0.25) is 0 Å². The number of hydrogen-bond acceptors (Lipinski definition) is 2. The molecule has 1 aliphatic heterocycles. The molecule has 0 bridgehead atoms. The minimum absolute atomic E-state index is 0.0676. The monoisotopic (exact) mass is 265 g/mol. The minimum atomic E-state index is -3.19. The van der Waals surface area contributed by atoms with Crippen molar-refractivity contribution in [3.05, 3.63) is 0 Å². The van der Waals surface area contributed by atoms with E-state index >= 15 is 0 Å². The van der Waals surface area contributed by atoms with E-state index in [0.29, 0.717) is 19.4 Å². The molecule has 0 N–H and O–H groups in total. The first kappa shape index (κ1) is 14.9. The Morgan fingerprint density at radius 1 is 1.18 bits per heavy atom. The van der Waals surface area contributed by atoms with E-state index in [1.54, 1.807) is 0 Å². The van der Waals surface area contributed by atoms with Crippen molar-refractivity contribution in [3.63, 3.8) is 0 Å². The Morgan fingerprint density at radius 3 is 2.41 bits per heavy atom. The zero-order valence-corrected chi connectivity index (χ0v) is 11.5. The van der Waals surface area contributed by atoms with Gasteiger partial charge in [-0.3, -0.25) is 0 Å². The van der Waals surface area contributed by atoms with Crippen LogP contribution in [0.1, 0.15) is 51.9 Å². The predicted octanol–water partition coefficient (Wildman–Crippen LogP) is 2.72. The van der Waals surface area contributed by atoms with E-state index < -0.39 is 16.2 Å². The Hall–Kier alpha value is -0.160. The Bertz CT molecular complexity index is 306. The first-order chi connectivity index (χ1) is 8.06. The molecule has 0 aromatic heterocycles. The number of nitrogens with zero attached hydrogens (tertiary/aromatic N) is 1. The van der Waals surface area contributed by atoms with Gasteiger partial charge in [0.1, 0.15) is 6.17 Å². The fourth-order valence-electron chi connectivity index (χ4n) is 2.13. The predicted molar refractivity (Wildman–Crippen MR) is 68.2 cm³/mol. The molecule has 1 fully saturated rings. The summed E-state index contributed by atoms with van der Waals surface area (Å²) in [4.78, 5) is 0. The second-order valence-corrected chi connectivity index (χ2v) is 6.92. The summed E-state index contributed by atoms with van der Waals surface area (Å²) in [7, 11) is -3.19. The molecule has 102 valence electrons. The van der Waals surface area contributed by atoms with Gasteiger partial charge in [0, 0.05) is 13.1 Å². The Labute approximate surface area is 104 Å². The summed E-state index contributed by atoms with van der Waals surface area (Å²) in [6.07, 6.45) is 5.78. The summed E-state index contributed by atoms with van der Waals surface area (Å²) in [5.41, 5.74) is 0. The summed E-state index contributed by atoms with van der Waals surface area (Å²) >= 11 is 0. The van der Waals surface area contributed by atoms with Crippen LogP contribution in [0.5, 0.6) is 0 Å². The van der Waals surface area contributed by atoms with Crippen LogP contribution < -0.4 is 0 Å². The van der Waals surface area contributed by atoms with E-state index in [1.807, 2.05) is 0 Å². The third kappa shape index (κ3) is 5.34. The van der Waals surface area contributed by atoms with Gasteiger partial charge in [0.2, 0.25) is 10.0 Å². The average Bonchev–Trinajstić information content (AvgIpc) is 2.71. The Balaban J connectivity index is 2.17. The standard InChI is InChI=1S/C12H24FNO2S/c1-2-3-4-5-6-7-10-17(15,16)14-9-8-12(13)11-14/h12H,2-11H2,1H3/t12-/m1/s1. The zero-order chi connectivity index (χ0) is 12.7. The zero-order valence-electron chi connectivity index (χ0n) is 10.7. The second kappa shape index (κ2) is 7.31. The molecule has 0 spiro atoms. The van der Waals surface area contributed by atoms with Gasteiger partial charge in [-0.1, -0.05) is 39.0 Å². The molecule has 0 saturated carbocycles. The van der Waals surface area contributed by atoms with Gasteiger partial charge in [-0.05, 0) is 12.8 Å². The molecular formula is C12H24FNO2S. The average molecular weight is 265 g/mol. The number of halogens is 1. The lowest BCUT2D eigenvalue weighted by Crippen LogP contribution is -2.31. The van der Waals surface area contributed by atoms with Crippen LogP contribution in [-0.2, 0) is 10.0 Å². The molecule has 5 heteroatoms. The van der Waals surface area contributed by atoms with Gasteiger partial charge >= 0.3 is 0 Å². The van der Waals surface area contributed by atoms with Crippen molar-refractivity contribution in [1.29, 1.82) is 0 Å². The molecule has 1 rings (SSSR count). The summed E-state index contributed by atoms with van der Waals surface area (Å²) in [6, 6.07) is 0. The normalized spacial score (nSPS) is 22.1. The van der Waals surface area contributed by atoms with Crippen LogP contribution >= 0.6 is 0 Å². The van der Waals surface area contributed by atoms with E-state index in [-0.39, 0.29) is 12.3 Å². The first-order valence-corrected chi connectivity index (χ1v) is 8.29. The number of hydrogen-bond donors (Lipinski definition) is 0. The van der Waals surface area contributed by atoms with E-state index in [0.717, 1.165) is 12.8 Å². The maximum absolute atomic E-state index is 12.9. The number of unbranched alkanes of at least 4 members (excludes halogenated alkanes) is 5. The molecule has 17 heavy (non-hydrogen) atoms. The van der Waals surface area contributed by atoms with Crippen molar-refractivity contribution in [2.45, 2.75) is 58.0 Å². The van der Waals surface area contributed by atoms with Crippen molar-refractivity contribution >= 4 is 10.0 Å². The largest absolute Gasteiger partial charge is 0.246 e. The first-order valence-electron chi connectivity index (χ1n) is 6.68. The molecule has 1 aliphatic rings. The number of rotatable bonds is 8. The molecule has 0 aromatic carbocycles. The Morgan fingerprint density at radius 2 is 1.82 bits per heavy atom. The molecule has 1 atom stereocenters. The van der Waals surface area contributed by atoms with Crippen molar-refractivity contribution in [2.24, 2.45) is 0 Å².